The lowest BCUT2D eigenvalue weighted by Gasteiger charge is -2.33. The van der Waals surface area contributed by atoms with Gasteiger partial charge in [0.2, 0.25) is 0 Å². The van der Waals surface area contributed by atoms with Gasteiger partial charge in [-0.1, -0.05) is 0 Å². The smallest absolute Gasteiger partial charge is 0.335 e. The minimum Gasteiger partial charge on any atom is -0.335 e. The molecule has 0 bridgehead atoms. The van der Waals surface area contributed by atoms with Crippen molar-refractivity contribution < 1.29 is 18.0 Å². The van der Waals surface area contributed by atoms with Gasteiger partial charge < -0.3 is 15.5 Å². The number of piperazine rings is 1. The summed E-state index contributed by atoms with van der Waals surface area (Å²) in [6.45, 7) is 2.86. The standard InChI is InChI=1S/C12H20F3N3O/c13-12(14,15)9-1-3-10(4-2-9)17-11(19)18-7-5-16-6-8-18/h9-10,16H,1-8H2,(H,17,19). The third-order valence-corrected chi connectivity index (χ3v) is 3.92. The van der Waals surface area contributed by atoms with E-state index < -0.39 is 12.1 Å². The van der Waals surface area contributed by atoms with Crippen molar-refractivity contribution in [1.82, 2.24) is 15.5 Å². The number of alkyl halides is 3. The zero-order valence-corrected chi connectivity index (χ0v) is 10.8. The normalized spacial score (nSPS) is 29.1. The first-order valence-electron chi connectivity index (χ1n) is 6.79. The Morgan fingerprint density at radius 2 is 1.68 bits per heavy atom. The van der Waals surface area contributed by atoms with E-state index in [1.54, 1.807) is 4.90 Å². The molecule has 0 unspecified atom stereocenters. The minimum absolute atomic E-state index is 0.110. The molecule has 2 aliphatic rings. The number of hydrogen-bond acceptors (Lipinski definition) is 2. The molecule has 1 saturated carbocycles. The summed E-state index contributed by atoms with van der Waals surface area (Å²) in [5.74, 6) is -1.19. The summed E-state index contributed by atoms with van der Waals surface area (Å²) < 4.78 is 37.6. The number of amides is 2. The fourth-order valence-corrected chi connectivity index (χ4v) is 2.70. The fourth-order valence-electron chi connectivity index (χ4n) is 2.70. The van der Waals surface area contributed by atoms with Crippen LogP contribution in [0, 0.1) is 5.92 Å². The van der Waals surface area contributed by atoms with Crippen LogP contribution in [0.1, 0.15) is 25.7 Å². The summed E-state index contributed by atoms with van der Waals surface area (Å²) in [5.41, 5.74) is 0. The summed E-state index contributed by atoms with van der Waals surface area (Å²) in [6, 6.07) is -0.252. The molecule has 0 aromatic rings. The summed E-state index contributed by atoms with van der Waals surface area (Å²) in [6.07, 6.45) is -3.01. The average Bonchev–Trinajstić information content (AvgIpc) is 2.39. The maximum absolute atomic E-state index is 12.5. The highest BCUT2D eigenvalue weighted by Crippen LogP contribution is 2.37. The number of nitrogens with zero attached hydrogens (tertiary/aromatic N) is 1. The summed E-state index contributed by atoms with van der Waals surface area (Å²) in [7, 11) is 0. The summed E-state index contributed by atoms with van der Waals surface area (Å²) in [5, 5.41) is 6.00. The van der Waals surface area contributed by atoms with Gasteiger partial charge in [-0.25, -0.2) is 4.79 Å². The van der Waals surface area contributed by atoms with Gasteiger partial charge >= 0.3 is 12.2 Å². The SMILES string of the molecule is O=C(NC1CCC(C(F)(F)F)CC1)N1CCNCC1. The van der Waals surface area contributed by atoms with Crippen LogP contribution in [-0.4, -0.2) is 49.3 Å². The Labute approximate surface area is 110 Å². The van der Waals surface area contributed by atoms with E-state index in [4.69, 9.17) is 0 Å². The zero-order chi connectivity index (χ0) is 13.9. The van der Waals surface area contributed by atoms with Crippen molar-refractivity contribution in [3.63, 3.8) is 0 Å². The van der Waals surface area contributed by atoms with Crippen molar-refractivity contribution >= 4 is 6.03 Å². The molecule has 0 radical (unpaired) electrons. The average molecular weight is 279 g/mol. The van der Waals surface area contributed by atoms with Crippen LogP contribution in [0.2, 0.25) is 0 Å². The van der Waals surface area contributed by atoms with Crippen LogP contribution >= 0.6 is 0 Å². The van der Waals surface area contributed by atoms with Gasteiger partial charge in [-0.05, 0) is 25.7 Å². The third-order valence-electron chi connectivity index (χ3n) is 3.92. The lowest BCUT2D eigenvalue weighted by Crippen LogP contribution is -2.52. The largest absolute Gasteiger partial charge is 0.391 e. The van der Waals surface area contributed by atoms with Gasteiger partial charge in [0.05, 0.1) is 5.92 Å². The second-order valence-corrected chi connectivity index (χ2v) is 5.28. The molecule has 0 atom stereocenters. The van der Waals surface area contributed by atoms with Gasteiger partial charge in [-0.15, -0.1) is 0 Å². The lowest BCUT2D eigenvalue weighted by molar-refractivity contribution is -0.182. The first kappa shape index (κ1) is 14.4. The first-order chi connectivity index (χ1) is 8.97. The number of rotatable bonds is 1. The predicted octanol–water partition coefficient (Wildman–Crippen LogP) is 1.72. The maximum Gasteiger partial charge on any atom is 0.391 e. The highest BCUT2D eigenvalue weighted by Gasteiger charge is 2.41. The maximum atomic E-state index is 12.5. The molecule has 2 fully saturated rings. The van der Waals surface area contributed by atoms with E-state index in [0.29, 0.717) is 25.9 Å². The molecule has 2 amide bonds. The Hall–Kier alpha value is -0.980. The summed E-state index contributed by atoms with van der Waals surface area (Å²) in [4.78, 5) is 13.6. The number of carbonyl (C=O) groups is 1. The monoisotopic (exact) mass is 279 g/mol. The van der Waals surface area contributed by atoms with E-state index in [2.05, 4.69) is 10.6 Å². The van der Waals surface area contributed by atoms with Gasteiger partial charge in [-0.3, -0.25) is 0 Å². The van der Waals surface area contributed by atoms with Crippen molar-refractivity contribution in [2.24, 2.45) is 5.92 Å². The highest BCUT2D eigenvalue weighted by molar-refractivity contribution is 5.74. The van der Waals surface area contributed by atoms with Crippen LogP contribution in [0.25, 0.3) is 0 Å². The minimum atomic E-state index is -4.09. The van der Waals surface area contributed by atoms with Gasteiger partial charge in [0.15, 0.2) is 0 Å². The number of urea groups is 1. The van der Waals surface area contributed by atoms with Crippen LogP contribution in [0.15, 0.2) is 0 Å². The molecule has 1 saturated heterocycles. The number of nitrogens with one attached hydrogen (secondary N) is 2. The van der Waals surface area contributed by atoms with E-state index in [-0.39, 0.29) is 24.9 Å². The second-order valence-electron chi connectivity index (χ2n) is 5.28. The van der Waals surface area contributed by atoms with Gasteiger partial charge in [0.1, 0.15) is 0 Å². The lowest BCUT2D eigenvalue weighted by atomic mass is 9.85. The quantitative estimate of drug-likeness (QED) is 0.767. The van der Waals surface area contributed by atoms with Crippen LogP contribution in [0.3, 0.4) is 0 Å². The topological polar surface area (TPSA) is 44.4 Å². The first-order valence-corrected chi connectivity index (χ1v) is 6.79. The highest BCUT2D eigenvalue weighted by atomic mass is 19.4. The number of halogens is 3. The third kappa shape index (κ3) is 3.99. The molecule has 4 nitrogen and oxygen atoms in total. The molecule has 2 N–H and O–H groups in total. The molecule has 2 rings (SSSR count). The predicted molar refractivity (Wildman–Crippen MR) is 64.8 cm³/mol. The van der Waals surface area contributed by atoms with Crippen molar-refractivity contribution in [3.8, 4) is 0 Å². The van der Waals surface area contributed by atoms with Gasteiger partial charge in [0, 0.05) is 32.2 Å². The molecule has 1 aliphatic carbocycles. The molecular weight excluding hydrogens is 259 g/mol. The number of hydrogen-bond donors (Lipinski definition) is 2. The van der Waals surface area contributed by atoms with Crippen LogP contribution in [0.5, 0.6) is 0 Å². The van der Waals surface area contributed by atoms with E-state index in [1.165, 1.54) is 0 Å². The van der Waals surface area contributed by atoms with Crippen LogP contribution in [-0.2, 0) is 0 Å². The second kappa shape index (κ2) is 5.98. The Morgan fingerprint density at radius 1 is 1.11 bits per heavy atom. The van der Waals surface area contributed by atoms with Gasteiger partial charge in [-0.2, -0.15) is 13.2 Å². The van der Waals surface area contributed by atoms with E-state index in [1.807, 2.05) is 0 Å². The van der Waals surface area contributed by atoms with E-state index in [0.717, 1.165) is 13.1 Å². The molecular formula is C12H20F3N3O. The van der Waals surface area contributed by atoms with Crippen LogP contribution < -0.4 is 10.6 Å². The van der Waals surface area contributed by atoms with Crippen molar-refractivity contribution in [3.05, 3.63) is 0 Å². The van der Waals surface area contributed by atoms with Crippen molar-refractivity contribution in [1.29, 1.82) is 0 Å². The van der Waals surface area contributed by atoms with E-state index >= 15 is 0 Å². The Morgan fingerprint density at radius 3 is 2.21 bits per heavy atom. The summed E-state index contributed by atoms with van der Waals surface area (Å²) >= 11 is 0. The Balaban J connectivity index is 1.74. The van der Waals surface area contributed by atoms with Gasteiger partial charge in [0.25, 0.3) is 0 Å². The van der Waals surface area contributed by atoms with Crippen LogP contribution in [0.4, 0.5) is 18.0 Å². The molecule has 19 heavy (non-hydrogen) atoms. The molecule has 1 heterocycles. The van der Waals surface area contributed by atoms with Crippen molar-refractivity contribution in [2.75, 3.05) is 26.2 Å². The number of carbonyl (C=O) groups excluding carboxylic acids is 1. The zero-order valence-electron chi connectivity index (χ0n) is 10.8. The molecule has 0 aromatic heterocycles. The molecule has 110 valence electrons. The fraction of sp³-hybridized carbons (Fsp3) is 0.917. The Kier molecular flexibility index (Phi) is 4.54. The molecule has 0 aromatic carbocycles. The Bertz CT molecular complexity index is 308. The molecule has 7 heteroatoms. The molecule has 0 spiro atoms. The van der Waals surface area contributed by atoms with E-state index in [9.17, 15) is 18.0 Å². The molecule has 1 aliphatic heterocycles. The van der Waals surface area contributed by atoms with Crippen molar-refractivity contribution in [2.45, 2.75) is 37.9 Å².